The van der Waals surface area contributed by atoms with E-state index in [1.165, 1.54) is 0 Å². The summed E-state index contributed by atoms with van der Waals surface area (Å²) in [5, 5.41) is 19.7. The van der Waals surface area contributed by atoms with Gasteiger partial charge in [-0.2, -0.15) is 0 Å². The second-order valence-electron chi connectivity index (χ2n) is 10.9. The summed E-state index contributed by atoms with van der Waals surface area (Å²) in [5.74, 6) is -0.881. The number of amides is 2. The summed E-state index contributed by atoms with van der Waals surface area (Å²) < 4.78 is 17.4. The molecular weight excluding hydrogens is 449 g/mol. The van der Waals surface area contributed by atoms with Gasteiger partial charge in [-0.25, -0.2) is 0 Å². The van der Waals surface area contributed by atoms with Crippen molar-refractivity contribution in [3.05, 3.63) is 0 Å². The highest BCUT2D eigenvalue weighted by Crippen LogP contribution is 2.48. The molecule has 0 saturated heterocycles. The molecule has 0 aliphatic rings. The molecule has 0 aliphatic carbocycles. The number of aliphatic hydroxyl groups excluding tert-OH is 1. The van der Waals surface area contributed by atoms with Gasteiger partial charge in [0.1, 0.15) is 11.7 Å². The molecule has 0 spiro atoms. The lowest BCUT2D eigenvalue weighted by Crippen LogP contribution is -2.45. The summed E-state index contributed by atoms with van der Waals surface area (Å²) in [5.41, 5.74) is -1.36. The summed E-state index contributed by atoms with van der Waals surface area (Å²) in [6, 6.07) is 0. The van der Waals surface area contributed by atoms with Crippen LogP contribution in [0.2, 0.25) is 0 Å². The summed E-state index contributed by atoms with van der Waals surface area (Å²) in [7, 11) is -3.86. The Morgan fingerprint density at radius 1 is 0.970 bits per heavy atom. The first-order valence-corrected chi connectivity index (χ1v) is 13.0. The molecule has 0 aliphatic heterocycles. The van der Waals surface area contributed by atoms with Gasteiger partial charge in [-0.05, 0) is 54.9 Å². The van der Waals surface area contributed by atoms with E-state index in [-0.39, 0.29) is 37.1 Å². The maximum absolute atomic E-state index is 12.3. The van der Waals surface area contributed by atoms with Crippen LogP contribution >= 0.6 is 7.60 Å². The highest BCUT2D eigenvalue weighted by atomic mass is 31.2. The standard InChI is InChI=1S/C22H44N3O7P/c1-16(25-31-20(2,3)4)10-13-23-17(26)11-14-24-19(28)18(27)22(8,9)12-15-33(29,30)32-21(5,6)7/h18,27H,10-15H2,1-9H3,(H,23,26)(H,24,28)(H,29,30)/b25-16+/t18-/m0/s1. The number of carbonyl (C=O) groups is 2. The zero-order valence-electron chi connectivity index (χ0n) is 21.7. The Hall–Kier alpha value is -1.48. The van der Waals surface area contributed by atoms with Crippen LogP contribution < -0.4 is 10.6 Å². The molecule has 0 saturated carbocycles. The minimum atomic E-state index is -3.86. The molecule has 10 nitrogen and oxygen atoms in total. The minimum Gasteiger partial charge on any atom is -0.390 e. The maximum atomic E-state index is 12.3. The highest BCUT2D eigenvalue weighted by molar-refractivity contribution is 7.52. The number of hydrogen-bond acceptors (Lipinski definition) is 7. The Morgan fingerprint density at radius 2 is 1.52 bits per heavy atom. The van der Waals surface area contributed by atoms with Gasteiger partial charge in [0, 0.05) is 31.3 Å². The van der Waals surface area contributed by atoms with Crippen LogP contribution in [0.3, 0.4) is 0 Å². The van der Waals surface area contributed by atoms with E-state index in [1.807, 2.05) is 27.7 Å². The van der Waals surface area contributed by atoms with Crippen LogP contribution in [0.15, 0.2) is 5.16 Å². The predicted molar refractivity (Wildman–Crippen MR) is 129 cm³/mol. The normalized spacial score (nSPS) is 16.0. The van der Waals surface area contributed by atoms with Gasteiger partial charge in [0.05, 0.1) is 17.5 Å². The van der Waals surface area contributed by atoms with Crippen molar-refractivity contribution in [2.45, 2.75) is 98.9 Å². The molecule has 0 radical (unpaired) electrons. The zero-order valence-corrected chi connectivity index (χ0v) is 22.5. The SMILES string of the molecule is C/C(CCNC(=O)CCNC(=O)[C@H](O)C(C)(C)CCP(=O)(O)OC(C)(C)C)=N\OC(C)(C)C. The van der Waals surface area contributed by atoms with Crippen molar-refractivity contribution in [2.75, 3.05) is 19.3 Å². The van der Waals surface area contributed by atoms with Crippen LogP contribution in [0, 0.1) is 5.41 Å². The van der Waals surface area contributed by atoms with Crippen LogP contribution in [0.4, 0.5) is 0 Å². The van der Waals surface area contributed by atoms with E-state index in [0.717, 1.165) is 5.71 Å². The molecule has 0 rings (SSSR count). The topological polar surface area (TPSA) is 147 Å². The van der Waals surface area contributed by atoms with E-state index in [4.69, 9.17) is 9.36 Å². The Kier molecular flexibility index (Phi) is 12.3. The van der Waals surface area contributed by atoms with Crippen molar-refractivity contribution >= 4 is 25.1 Å². The van der Waals surface area contributed by atoms with E-state index < -0.39 is 30.6 Å². The highest BCUT2D eigenvalue weighted by Gasteiger charge is 2.37. The molecule has 0 fully saturated rings. The average molecular weight is 494 g/mol. The van der Waals surface area contributed by atoms with Gasteiger partial charge in [-0.3, -0.25) is 14.2 Å². The van der Waals surface area contributed by atoms with Crippen molar-refractivity contribution < 1.29 is 33.5 Å². The first kappa shape index (κ1) is 31.5. The van der Waals surface area contributed by atoms with Crippen LogP contribution in [0.1, 0.15) is 81.6 Å². The van der Waals surface area contributed by atoms with Gasteiger partial charge in [0.2, 0.25) is 11.8 Å². The monoisotopic (exact) mass is 493 g/mol. The number of nitrogens with zero attached hydrogens (tertiary/aromatic N) is 1. The number of hydrogen-bond donors (Lipinski definition) is 4. The fourth-order valence-corrected chi connectivity index (χ4v) is 4.33. The van der Waals surface area contributed by atoms with Crippen LogP contribution in [-0.4, -0.2) is 64.1 Å². The molecule has 0 aromatic heterocycles. The van der Waals surface area contributed by atoms with E-state index in [2.05, 4.69) is 15.8 Å². The van der Waals surface area contributed by atoms with Crippen LogP contribution in [-0.2, 0) is 23.5 Å². The number of nitrogens with one attached hydrogen (secondary N) is 2. The Labute approximate surface area is 198 Å². The second kappa shape index (κ2) is 12.8. The summed E-state index contributed by atoms with van der Waals surface area (Å²) in [6.45, 7) is 16.2. The fraction of sp³-hybridized carbons (Fsp3) is 0.864. The van der Waals surface area contributed by atoms with Gasteiger partial charge in [0.25, 0.3) is 0 Å². The van der Waals surface area contributed by atoms with Crippen molar-refractivity contribution in [1.29, 1.82) is 0 Å². The molecule has 11 heteroatoms. The third-order valence-electron chi connectivity index (χ3n) is 4.38. The predicted octanol–water partition coefficient (Wildman–Crippen LogP) is 2.97. The van der Waals surface area contributed by atoms with Gasteiger partial charge in [-0.15, -0.1) is 0 Å². The van der Waals surface area contributed by atoms with Crippen LogP contribution in [0.25, 0.3) is 0 Å². The lowest BCUT2D eigenvalue weighted by atomic mass is 9.83. The lowest BCUT2D eigenvalue weighted by molar-refractivity contribution is -0.135. The number of oxime groups is 1. The number of aliphatic hydroxyl groups is 1. The molecule has 194 valence electrons. The fourth-order valence-electron chi connectivity index (χ4n) is 2.52. The average Bonchev–Trinajstić information content (AvgIpc) is 2.61. The molecule has 0 aromatic rings. The molecule has 33 heavy (non-hydrogen) atoms. The van der Waals surface area contributed by atoms with E-state index in [9.17, 15) is 24.2 Å². The third kappa shape index (κ3) is 15.9. The molecule has 1 unspecified atom stereocenters. The zero-order chi connectivity index (χ0) is 26.1. The molecule has 2 atom stereocenters. The molecule has 2 amide bonds. The first-order valence-electron chi connectivity index (χ1n) is 11.2. The molecule has 0 aromatic carbocycles. The molecule has 4 N–H and O–H groups in total. The third-order valence-corrected chi connectivity index (χ3v) is 6.00. The molecule has 0 bridgehead atoms. The first-order chi connectivity index (χ1) is 14.7. The summed E-state index contributed by atoms with van der Waals surface area (Å²) >= 11 is 0. The smallest absolute Gasteiger partial charge is 0.328 e. The molecular formula is C22H44N3O7P. The van der Waals surface area contributed by atoms with E-state index in [1.54, 1.807) is 34.6 Å². The van der Waals surface area contributed by atoms with Crippen molar-refractivity contribution in [3.8, 4) is 0 Å². The largest absolute Gasteiger partial charge is 0.390 e. The number of rotatable bonds is 13. The minimum absolute atomic E-state index is 0.0544. The quantitative estimate of drug-likeness (QED) is 0.175. The summed E-state index contributed by atoms with van der Waals surface area (Å²) in [4.78, 5) is 39.6. The van der Waals surface area contributed by atoms with Crippen molar-refractivity contribution in [3.63, 3.8) is 0 Å². The van der Waals surface area contributed by atoms with Gasteiger partial charge in [-0.1, -0.05) is 19.0 Å². The van der Waals surface area contributed by atoms with Crippen molar-refractivity contribution in [1.82, 2.24) is 10.6 Å². The van der Waals surface area contributed by atoms with Gasteiger partial charge >= 0.3 is 7.60 Å². The summed E-state index contributed by atoms with van der Waals surface area (Å²) in [6.07, 6.45) is -0.899. The van der Waals surface area contributed by atoms with E-state index in [0.29, 0.717) is 13.0 Å². The molecule has 0 heterocycles. The second-order valence-corrected chi connectivity index (χ2v) is 12.8. The maximum Gasteiger partial charge on any atom is 0.328 e. The Bertz CT molecular complexity index is 724. The van der Waals surface area contributed by atoms with Crippen molar-refractivity contribution in [2.24, 2.45) is 10.6 Å². The van der Waals surface area contributed by atoms with Gasteiger partial charge < -0.3 is 30.0 Å². The lowest BCUT2D eigenvalue weighted by Gasteiger charge is -2.31. The number of carbonyl (C=O) groups excluding carboxylic acids is 2. The Morgan fingerprint density at radius 3 is 2.03 bits per heavy atom. The Balaban J connectivity index is 4.38. The van der Waals surface area contributed by atoms with Crippen LogP contribution in [0.5, 0.6) is 0 Å². The van der Waals surface area contributed by atoms with Gasteiger partial charge in [0.15, 0.2) is 0 Å². The van der Waals surface area contributed by atoms with E-state index >= 15 is 0 Å².